The van der Waals surface area contributed by atoms with E-state index in [1.165, 1.54) is 11.3 Å². The molecule has 0 saturated carbocycles. The lowest BCUT2D eigenvalue weighted by Crippen LogP contribution is -2.23. The lowest BCUT2D eigenvalue weighted by Gasteiger charge is -2.05. The van der Waals surface area contributed by atoms with Crippen molar-refractivity contribution in [3.8, 4) is 5.88 Å². The van der Waals surface area contributed by atoms with Gasteiger partial charge in [0, 0.05) is 31.6 Å². The molecule has 0 aliphatic carbocycles. The van der Waals surface area contributed by atoms with Crippen LogP contribution in [0.15, 0.2) is 35.8 Å². The van der Waals surface area contributed by atoms with E-state index in [1.54, 1.807) is 25.4 Å². The maximum Gasteiger partial charge on any atom is 0.220 e. The van der Waals surface area contributed by atoms with Gasteiger partial charge < -0.3 is 10.1 Å². The van der Waals surface area contributed by atoms with Gasteiger partial charge in [0.2, 0.25) is 11.8 Å². The van der Waals surface area contributed by atoms with Gasteiger partial charge in [-0.3, -0.25) is 9.59 Å². The number of ketones is 1. The lowest BCUT2D eigenvalue weighted by molar-refractivity contribution is -0.121. The minimum absolute atomic E-state index is 0.00580. The number of Topliss-reactive ketones (excluding diaryl/α,β-unsaturated/α-hetero) is 1. The molecule has 0 spiro atoms. The summed E-state index contributed by atoms with van der Waals surface area (Å²) in [4.78, 5) is 28.2. The summed E-state index contributed by atoms with van der Waals surface area (Å²) in [5.41, 5.74) is 0.883. The van der Waals surface area contributed by atoms with Gasteiger partial charge >= 0.3 is 0 Å². The third kappa shape index (κ3) is 4.68. The lowest BCUT2D eigenvalue weighted by atomic mass is 10.2. The van der Waals surface area contributed by atoms with Crippen LogP contribution in [0.2, 0.25) is 0 Å². The average molecular weight is 304 g/mol. The second kappa shape index (κ2) is 7.54. The average Bonchev–Trinajstić information content (AvgIpc) is 3.05. The molecular weight excluding hydrogens is 288 g/mol. The molecule has 1 N–H and O–H groups in total. The molecule has 2 rings (SSSR count). The first-order chi connectivity index (χ1) is 10.2. The number of ether oxygens (including phenoxy) is 1. The van der Waals surface area contributed by atoms with E-state index in [-0.39, 0.29) is 24.5 Å². The van der Waals surface area contributed by atoms with E-state index < -0.39 is 0 Å². The summed E-state index contributed by atoms with van der Waals surface area (Å²) in [6.07, 6.45) is 2.07. The molecule has 2 aromatic rings. The van der Waals surface area contributed by atoms with E-state index in [0.717, 1.165) is 5.56 Å². The molecule has 0 atom stereocenters. The molecule has 6 heteroatoms. The molecule has 0 bridgehead atoms. The first kappa shape index (κ1) is 15.2. The van der Waals surface area contributed by atoms with Gasteiger partial charge in [-0.15, -0.1) is 11.3 Å². The van der Waals surface area contributed by atoms with Crippen molar-refractivity contribution in [2.24, 2.45) is 0 Å². The monoisotopic (exact) mass is 304 g/mol. The summed E-state index contributed by atoms with van der Waals surface area (Å²) in [6.45, 7) is 0.392. The number of methoxy groups -OCH3 is 1. The van der Waals surface area contributed by atoms with E-state index in [4.69, 9.17) is 4.74 Å². The standard InChI is InChI=1S/C15H16N2O3S/c1-20-15-7-4-11(10-17-15)9-16-14(19)6-5-12(18)13-3-2-8-21-13/h2-4,7-8,10H,5-6,9H2,1H3,(H,16,19). The van der Waals surface area contributed by atoms with Crippen molar-refractivity contribution in [1.82, 2.24) is 10.3 Å². The van der Waals surface area contributed by atoms with Crippen LogP contribution < -0.4 is 10.1 Å². The second-order valence-corrected chi connectivity index (χ2v) is 5.33. The van der Waals surface area contributed by atoms with Crippen LogP contribution >= 0.6 is 11.3 Å². The zero-order chi connectivity index (χ0) is 15.1. The van der Waals surface area contributed by atoms with Crippen molar-refractivity contribution in [1.29, 1.82) is 0 Å². The Hall–Kier alpha value is -2.21. The number of nitrogens with zero attached hydrogens (tertiary/aromatic N) is 1. The fourth-order valence-corrected chi connectivity index (χ4v) is 2.41. The first-order valence-electron chi connectivity index (χ1n) is 6.51. The minimum Gasteiger partial charge on any atom is -0.481 e. The van der Waals surface area contributed by atoms with Crippen LogP contribution in [0.25, 0.3) is 0 Å². The van der Waals surface area contributed by atoms with Crippen LogP contribution in [-0.4, -0.2) is 23.8 Å². The maximum atomic E-state index is 11.8. The van der Waals surface area contributed by atoms with Gasteiger partial charge in [0.1, 0.15) is 0 Å². The van der Waals surface area contributed by atoms with E-state index in [1.807, 2.05) is 17.5 Å². The van der Waals surface area contributed by atoms with Crippen molar-refractivity contribution in [2.75, 3.05) is 7.11 Å². The molecule has 0 unspecified atom stereocenters. The molecule has 0 saturated heterocycles. The van der Waals surface area contributed by atoms with Crippen LogP contribution in [0.3, 0.4) is 0 Å². The summed E-state index contributed by atoms with van der Waals surface area (Å²) < 4.78 is 4.96. The highest BCUT2D eigenvalue weighted by atomic mass is 32.1. The molecule has 21 heavy (non-hydrogen) atoms. The van der Waals surface area contributed by atoms with Gasteiger partial charge in [0.25, 0.3) is 0 Å². The predicted molar refractivity (Wildman–Crippen MR) is 80.5 cm³/mol. The van der Waals surface area contributed by atoms with Crippen molar-refractivity contribution in [2.45, 2.75) is 19.4 Å². The third-order valence-electron chi connectivity index (χ3n) is 2.87. The molecule has 0 radical (unpaired) electrons. The van der Waals surface area contributed by atoms with Crippen LogP contribution in [0.4, 0.5) is 0 Å². The van der Waals surface area contributed by atoms with Gasteiger partial charge in [-0.05, 0) is 17.0 Å². The van der Waals surface area contributed by atoms with Crippen LogP contribution in [0, 0.1) is 0 Å². The largest absolute Gasteiger partial charge is 0.481 e. The number of carbonyl (C=O) groups is 2. The molecule has 0 aliphatic rings. The Labute approximate surface area is 127 Å². The summed E-state index contributed by atoms with van der Waals surface area (Å²) in [5.74, 6) is 0.397. The van der Waals surface area contributed by atoms with E-state index in [2.05, 4.69) is 10.3 Å². The smallest absolute Gasteiger partial charge is 0.220 e. The van der Waals surface area contributed by atoms with E-state index in [9.17, 15) is 9.59 Å². The third-order valence-corrected chi connectivity index (χ3v) is 3.78. The number of carbonyl (C=O) groups excluding carboxylic acids is 2. The molecular formula is C15H16N2O3S. The van der Waals surface area contributed by atoms with Crippen LogP contribution in [0.1, 0.15) is 28.1 Å². The molecule has 5 nitrogen and oxygen atoms in total. The number of rotatable bonds is 7. The van der Waals surface area contributed by atoms with Crippen LogP contribution in [0.5, 0.6) is 5.88 Å². The fourth-order valence-electron chi connectivity index (χ4n) is 1.71. The highest BCUT2D eigenvalue weighted by Gasteiger charge is 2.09. The molecule has 0 aliphatic heterocycles. The Morgan fingerprint density at radius 2 is 2.14 bits per heavy atom. The Balaban J connectivity index is 1.73. The van der Waals surface area contributed by atoms with Crippen molar-refractivity contribution in [3.63, 3.8) is 0 Å². The Morgan fingerprint density at radius 3 is 2.76 bits per heavy atom. The van der Waals surface area contributed by atoms with Crippen molar-refractivity contribution >= 4 is 23.0 Å². The SMILES string of the molecule is COc1ccc(CNC(=O)CCC(=O)c2cccs2)cn1. The molecule has 2 heterocycles. The zero-order valence-corrected chi connectivity index (χ0v) is 12.5. The summed E-state index contributed by atoms with van der Waals surface area (Å²) >= 11 is 1.40. The van der Waals surface area contributed by atoms with E-state index >= 15 is 0 Å². The first-order valence-corrected chi connectivity index (χ1v) is 7.39. The van der Waals surface area contributed by atoms with Gasteiger partial charge in [0.05, 0.1) is 12.0 Å². The second-order valence-electron chi connectivity index (χ2n) is 4.39. The number of hydrogen-bond acceptors (Lipinski definition) is 5. The zero-order valence-electron chi connectivity index (χ0n) is 11.7. The number of nitrogens with one attached hydrogen (secondary N) is 1. The molecule has 2 aromatic heterocycles. The Morgan fingerprint density at radius 1 is 1.29 bits per heavy atom. The topological polar surface area (TPSA) is 68.3 Å². The number of thiophene rings is 1. The number of aromatic nitrogens is 1. The Kier molecular flexibility index (Phi) is 5.45. The quantitative estimate of drug-likeness (QED) is 0.798. The normalized spacial score (nSPS) is 10.1. The van der Waals surface area contributed by atoms with Gasteiger partial charge in [-0.1, -0.05) is 12.1 Å². The summed E-state index contributed by atoms with van der Waals surface area (Å²) in [6, 6.07) is 7.17. The van der Waals surface area contributed by atoms with Crippen molar-refractivity contribution < 1.29 is 14.3 Å². The van der Waals surface area contributed by atoms with E-state index in [0.29, 0.717) is 17.3 Å². The fraction of sp³-hybridized carbons (Fsp3) is 0.267. The molecule has 0 fully saturated rings. The highest BCUT2D eigenvalue weighted by molar-refractivity contribution is 7.12. The Bertz CT molecular complexity index is 594. The molecule has 0 aromatic carbocycles. The van der Waals surface area contributed by atoms with Gasteiger partial charge in [0.15, 0.2) is 5.78 Å². The summed E-state index contributed by atoms with van der Waals surface area (Å²) in [7, 11) is 1.55. The summed E-state index contributed by atoms with van der Waals surface area (Å²) in [5, 5.41) is 4.62. The minimum atomic E-state index is -0.143. The van der Waals surface area contributed by atoms with Crippen LogP contribution in [-0.2, 0) is 11.3 Å². The number of hydrogen-bond donors (Lipinski definition) is 1. The van der Waals surface area contributed by atoms with Gasteiger partial charge in [-0.25, -0.2) is 4.98 Å². The van der Waals surface area contributed by atoms with Gasteiger partial charge in [-0.2, -0.15) is 0 Å². The van der Waals surface area contributed by atoms with Crippen molar-refractivity contribution in [3.05, 3.63) is 46.3 Å². The molecule has 110 valence electrons. The predicted octanol–water partition coefficient (Wildman–Crippen LogP) is 2.43. The molecule has 1 amide bonds. The number of pyridine rings is 1. The number of amides is 1. The maximum absolute atomic E-state index is 11.8. The highest BCUT2D eigenvalue weighted by Crippen LogP contribution is 2.12.